The molecule has 1 aliphatic heterocycles. The van der Waals surface area contributed by atoms with Crippen molar-refractivity contribution in [1.29, 1.82) is 0 Å². The van der Waals surface area contributed by atoms with Crippen molar-refractivity contribution in [2.45, 2.75) is 43.7 Å². The van der Waals surface area contributed by atoms with E-state index in [0.29, 0.717) is 5.69 Å². The van der Waals surface area contributed by atoms with E-state index in [1.54, 1.807) is 7.05 Å². The van der Waals surface area contributed by atoms with Crippen LogP contribution in [-0.2, 0) is 9.53 Å². The Morgan fingerprint density at radius 3 is 2.57 bits per heavy atom. The molecular weight excluding hydrogens is 477 g/mol. The number of methoxy groups -OCH3 is 1. The molecule has 0 unspecified atom stereocenters. The van der Waals surface area contributed by atoms with Gasteiger partial charge in [0.05, 0.1) is 25.5 Å². The van der Waals surface area contributed by atoms with Gasteiger partial charge in [-0.25, -0.2) is 4.39 Å². The molecule has 1 fully saturated rings. The molecule has 1 aromatic carbocycles. The number of rotatable bonds is 7. The van der Waals surface area contributed by atoms with E-state index in [4.69, 9.17) is 9.47 Å². The van der Waals surface area contributed by atoms with Crippen LogP contribution in [0, 0.1) is 17.6 Å². The van der Waals surface area contributed by atoms with Gasteiger partial charge in [-0.1, -0.05) is 13.0 Å². The Balaban J connectivity index is 2.04. The van der Waals surface area contributed by atoms with E-state index in [0.717, 1.165) is 26.2 Å². The zero-order valence-corrected chi connectivity index (χ0v) is 19.4. The summed E-state index contributed by atoms with van der Waals surface area (Å²) in [4.78, 5) is 17.3. The normalized spacial score (nSPS) is 25.4. The topological polar surface area (TPSA) is 92.7 Å². The minimum absolute atomic E-state index is 0.127. The Hall–Kier alpha value is -2.83. The highest BCUT2D eigenvalue weighted by atomic mass is 19.4. The summed E-state index contributed by atoms with van der Waals surface area (Å²) in [5, 5.41) is 14.8. The first-order valence-corrected chi connectivity index (χ1v) is 10.7. The number of nitrogens with one attached hydrogen (secondary N) is 2. The first-order chi connectivity index (χ1) is 16.4. The predicted molar refractivity (Wildman–Crippen MR) is 116 cm³/mol. The van der Waals surface area contributed by atoms with Gasteiger partial charge in [0.25, 0.3) is 5.91 Å². The molecule has 35 heavy (non-hydrogen) atoms. The molecule has 2 aromatic rings. The Kier molecular flexibility index (Phi) is 7.68. The Morgan fingerprint density at radius 2 is 2.00 bits per heavy atom. The van der Waals surface area contributed by atoms with Crippen LogP contribution in [-0.4, -0.2) is 54.6 Å². The second kappa shape index (κ2) is 10.0. The maximum absolute atomic E-state index is 14.4. The highest BCUT2D eigenvalue weighted by molar-refractivity contribution is 5.95. The summed E-state index contributed by atoms with van der Waals surface area (Å²) >= 11 is 0. The van der Waals surface area contributed by atoms with E-state index in [-0.39, 0.29) is 17.9 Å². The monoisotopic (exact) mass is 503 g/mol. The van der Waals surface area contributed by atoms with Crippen molar-refractivity contribution in [2.75, 3.05) is 26.1 Å². The lowest BCUT2D eigenvalue weighted by molar-refractivity contribution is -0.272. The van der Waals surface area contributed by atoms with E-state index in [9.17, 15) is 31.9 Å². The molecule has 0 spiro atoms. The van der Waals surface area contributed by atoms with Crippen molar-refractivity contribution in [1.82, 2.24) is 10.3 Å². The molecule has 0 bridgehead atoms. The molecule has 7 nitrogen and oxygen atoms in total. The van der Waals surface area contributed by atoms with Gasteiger partial charge in [-0.15, -0.1) is 0 Å². The molecule has 12 heteroatoms. The standard InChI is InChI=1S/C23H26F5N3O4/c1-11-17(13-5-6-14(24)18(25)19(13)34-4)20(35-22(11,2)23(26,27)28)21(33)31-12-7-8-30-15(9-12)16(10-32)29-3/h5-9,11,16-17,20,29,32H,10H2,1-4H3,(H,30,31,33)/t11-,16+,17-,20+,22+/m0/s1. The quantitative estimate of drug-likeness (QED) is 0.499. The molecule has 2 heterocycles. The number of hydrogen-bond acceptors (Lipinski definition) is 6. The number of aliphatic hydroxyl groups is 1. The fourth-order valence-electron chi connectivity index (χ4n) is 4.30. The Labute approximate surface area is 198 Å². The number of halogens is 5. The minimum atomic E-state index is -4.86. The number of alkyl halides is 3. The molecule has 3 rings (SSSR count). The van der Waals surface area contributed by atoms with Crippen molar-refractivity contribution in [3.63, 3.8) is 0 Å². The van der Waals surface area contributed by atoms with Crippen LogP contribution in [0.4, 0.5) is 27.6 Å². The van der Waals surface area contributed by atoms with Crippen LogP contribution in [0.15, 0.2) is 30.5 Å². The molecule has 5 atom stereocenters. The number of ether oxygens (including phenoxy) is 2. The third-order valence-corrected chi connectivity index (χ3v) is 6.51. The molecule has 3 N–H and O–H groups in total. The predicted octanol–water partition coefficient (Wildman–Crippen LogP) is 3.70. The average Bonchev–Trinajstić information content (AvgIpc) is 3.08. The smallest absolute Gasteiger partial charge is 0.417 e. The highest BCUT2D eigenvalue weighted by Gasteiger charge is 2.65. The fraction of sp³-hybridized carbons (Fsp3) is 0.478. The van der Waals surface area contributed by atoms with Crippen LogP contribution in [0.25, 0.3) is 0 Å². The van der Waals surface area contributed by atoms with Crippen LogP contribution in [0.5, 0.6) is 5.75 Å². The number of aliphatic hydroxyl groups excluding tert-OH is 1. The van der Waals surface area contributed by atoms with Gasteiger partial charge in [0, 0.05) is 29.3 Å². The lowest BCUT2D eigenvalue weighted by Crippen LogP contribution is -2.47. The largest absolute Gasteiger partial charge is 0.493 e. The number of carbonyl (C=O) groups is 1. The fourth-order valence-corrected chi connectivity index (χ4v) is 4.30. The number of aromatic nitrogens is 1. The second-order valence-corrected chi connectivity index (χ2v) is 8.42. The van der Waals surface area contributed by atoms with E-state index in [2.05, 4.69) is 15.6 Å². The lowest BCUT2D eigenvalue weighted by Gasteiger charge is -2.32. The van der Waals surface area contributed by atoms with Crippen LogP contribution in [0.3, 0.4) is 0 Å². The molecule has 192 valence electrons. The summed E-state index contributed by atoms with van der Waals surface area (Å²) in [5.74, 6) is -6.84. The van der Waals surface area contributed by atoms with Crippen molar-refractivity contribution in [3.05, 3.63) is 53.4 Å². The molecular formula is C23H26F5N3O4. The summed E-state index contributed by atoms with van der Waals surface area (Å²) < 4.78 is 80.6. The third kappa shape index (κ3) is 4.82. The number of anilines is 1. The van der Waals surface area contributed by atoms with Crippen LogP contribution < -0.4 is 15.4 Å². The van der Waals surface area contributed by atoms with Crippen molar-refractivity contribution >= 4 is 11.6 Å². The first kappa shape index (κ1) is 26.8. The average molecular weight is 503 g/mol. The van der Waals surface area contributed by atoms with E-state index < -0.39 is 59.1 Å². The summed E-state index contributed by atoms with van der Waals surface area (Å²) in [6.07, 6.45) is -5.22. The molecule has 1 amide bonds. The SMILES string of the molecule is CN[C@H](CO)c1cc(NC(=O)[C@@H]2O[C@@](C)(C(F)(F)F)[C@@H](C)[C@H]2c2ccc(F)c(F)c2OC)ccn1. The summed E-state index contributed by atoms with van der Waals surface area (Å²) in [7, 11) is 2.65. The first-order valence-electron chi connectivity index (χ1n) is 10.7. The van der Waals surface area contributed by atoms with Gasteiger partial charge in [0.2, 0.25) is 5.82 Å². The third-order valence-electron chi connectivity index (χ3n) is 6.51. The highest BCUT2D eigenvalue weighted by Crippen LogP contribution is 2.55. The van der Waals surface area contributed by atoms with Gasteiger partial charge in [-0.2, -0.15) is 17.6 Å². The molecule has 1 aromatic heterocycles. The van der Waals surface area contributed by atoms with Crippen LogP contribution in [0.1, 0.15) is 37.1 Å². The number of hydrogen-bond donors (Lipinski definition) is 3. The summed E-state index contributed by atoms with van der Waals surface area (Å²) in [6.45, 7) is 1.76. The van der Waals surface area contributed by atoms with Crippen molar-refractivity contribution in [3.8, 4) is 5.75 Å². The number of benzene rings is 1. The molecule has 0 aliphatic carbocycles. The van der Waals surface area contributed by atoms with Gasteiger partial charge >= 0.3 is 6.18 Å². The number of pyridine rings is 1. The number of nitrogens with zero attached hydrogens (tertiary/aromatic N) is 1. The van der Waals surface area contributed by atoms with Gasteiger partial charge in [-0.05, 0) is 32.2 Å². The van der Waals surface area contributed by atoms with Crippen molar-refractivity contribution in [2.24, 2.45) is 5.92 Å². The molecule has 0 saturated carbocycles. The lowest BCUT2D eigenvalue weighted by atomic mass is 9.77. The van der Waals surface area contributed by atoms with Crippen LogP contribution in [0.2, 0.25) is 0 Å². The number of amides is 1. The zero-order valence-electron chi connectivity index (χ0n) is 19.4. The Morgan fingerprint density at radius 1 is 1.31 bits per heavy atom. The molecule has 1 saturated heterocycles. The summed E-state index contributed by atoms with van der Waals surface area (Å²) in [6, 6.07) is 4.18. The van der Waals surface area contributed by atoms with Gasteiger partial charge in [0.1, 0.15) is 6.10 Å². The maximum Gasteiger partial charge on any atom is 0.417 e. The van der Waals surface area contributed by atoms with Gasteiger partial charge < -0.3 is 25.2 Å². The van der Waals surface area contributed by atoms with Gasteiger partial charge in [-0.3, -0.25) is 9.78 Å². The Bertz CT molecular complexity index is 1080. The van der Waals surface area contributed by atoms with Crippen molar-refractivity contribution < 1.29 is 41.3 Å². The molecule has 0 radical (unpaired) electrons. The number of likely N-dealkylation sites (N-methyl/N-ethyl adjacent to an activating group) is 1. The van der Waals surface area contributed by atoms with E-state index in [1.807, 2.05) is 0 Å². The van der Waals surface area contributed by atoms with Crippen LogP contribution >= 0.6 is 0 Å². The van der Waals surface area contributed by atoms with E-state index in [1.165, 1.54) is 25.3 Å². The summed E-state index contributed by atoms with van der Waals surface area (Å²) in [5.41, 5.74) is -2.31. The number of carbonyl (C=O) groups excluding carboxylic acids is 1. The maximum atomic E-state index is 14.4. The minimum Gasteiger partial charge on any atom is -0.493 e. The zero-order chi connectivity index (χ0) is 26.1. The second-order valence-electron chi connectivity index (χ2n) is 8.42. The van der Waals surface area contributed by atoms with E-state index >= 15 is 0 Å². The molecule has 1 aliphatic rings. The van der Waals surface area contributed by atoms with Gasteiger partial charge in [0.15, 0.2) is 17.2 Å².